The van der Waals surface area contributed by atoms with Crippen LogP contribution in [0.4, 0.5) is 11.4 Å². The number of nitrogens with one attached hydrogen (secondary N) is 1. The van der Waals surface area contributed by atoms with Gasteiger partial charge in [-0.3, -0.25) is 9.59 Å². The summed E-state index contributed by atoms with van der Waals surface area (Å²) in [7, 11) is 1.87. The quantitative estimate of drug-likeness (QED) is 0.513. The van der Waals surface area contributed by atoms with Crippen LogP contribution in [0.1, 0.15) is 27.0 Å². The minimum atomic E-state index is -0.503. The Morgan fingerprint density at radius 2 is 1.41 bits per heavy atom. The Morgan fingerprint density at radius 3 is 2.03 bits per heavy atom. The van der Waals surface area contributed by atoms with Gasteiger partial charge in [0.2, 0.25) is 11.6 Å². The van der Waals surface area contributed by atoms with Gasteiger partial charge in [0.05, 0.1) is 0 Å². The number of nitrogen functional groups attached to an aromatic ring is 1. The van der Waals surface area contributed by atoms with Crippen molar-refractivity contribution in [2.75, 3.05) is 18.1 Å². The molecule has 0 aromatic heterocycles. The van der Waals surface area contributed by atoms with E-state index in [1.165, 1.54) is 6.08 Å². The van der Waals surface area contributed by atoms with Crippen LogP contribution >= 0.6 is 0 Å². The van der Waals surface area contributed by atoms with Gasteiger partial charge in [-0.05, 0) is 64.3 Å². The number of hydrogen-bond donors (Lipinski definition) is 2. The number of rotatable bonds is 4. The van der Waals surface area contributed by atoms with Gasteiger partial charge < -0.3 is 11.1 Å². The average molecular weight is 380 g/mol. The molecule has 0 aliphatic heterocycles. The number of fused-ring (bicyclic) bond motifs is 1. The van der Waals surface area contributed by atoms with E-state index in [0.29, 0.717) is 11.3 Å². The second-order valence-electron chi connectivity index (χ2n) is 6.85. The van der Waals surface area contributed by atoms with Gasteiger partial charge in [-0.25, -0.2) is 0 Å². The maximum absolute atomic E-state index is 12.3. The number of nitrogens with two attached hydrogens (primary N) is 1. The molecule has 0 saturated carbocycles. The van der Waals surface area contributed by atoms with E-state index < -0.39 is 11.6 Å². The SMILES string of the molecule is CNc1ccc(/C(=C\C2=CC(=O)C(=O)c3ccccc32)c2ccc(N)cc2)cc1. The van der Waals surface area contributed by atoms with Crippen molar-refractivity contribution in [1.82, 2.24) is 0 Å². The van der Waals surface area contributed by atoms with Crippen LogP contribution in [0.5, 0.6) is 0 Å². The third kappa shape index (κ3) is 3.60. The fourth-order valence-corrected chi connectivity index (χ4v) is 3.44. The third-order valence-electron chi connectivity index (χ3n) is 5.00. The normalized spacial score (nSPS) is 13.7. The molecular weight excluding hydrogens is 360 g/mol. The lowest BCUT2D eigenvalue weighted by molar-refractivity contribution is -0.110. The number of carbonyl (C=O) groups excluding carboxylic acids is 2. The summed E-state index contributed by atoms with van der Waals surface area (Å²) in [6.45, 7) is 0. The van der Waals surface area contributed by atoms with E-state index in [9.17, 15) is 9.59 Å². The number of anilines is 2. The molecule has 4 rings (SSSR count). The van der Waals surface area contributed by atoms with Crippen LogP contribution < -0.4 is 11.1 Å². The number of benzene rings is 3. The van der Waals surface area contributed by atoms with E-state index in [0.717, 1.165) is 33.5 Å². The molecule has 0 heterocycles. The number of allylic oxidation sites excluding steroid dienone is 3. The fraction of sp³-hybridized carbons (Fsp3) is 0.0400. The summed E-state index contributed by atoms with van der Waals surface area (Å²) < 4.78 is 0. The molecule has 1 aliphatic carbocycles. The standard InChI is InChI=1S/C25H20N2O2/c1-27-20-12-8-17(9-13-20)23(16-6-10-19(26)11-7-16)14-18-15-24(28)25(29)22-5-3-2-4-21(18)22/h2-15,27H,26H2,1H3/b23-14-. The predicted octanol–water partition coefficient (Wildman–Crippen LogP) is 4.59. The van der Waals surface area contributed by atoms with Crippen molar-refractivity contribution in [3.63, 3.8) is 0 Å². The van der Waals surface area contributed by atoms with Gasteiger partial charge in [0.1, 0.15) is 0 Å². The molecule has 0 amide bonds. The van der Waals surface area contributed by atoms with Crippen LogP contribution in [-0.2, 0) is 4.79 Å². The summed E-state index contributed by atoms with van der Waals surface area (Å²) in [6, 6.07) is 22.9. The highest BCUT2D eigenvalue weighted by Gasteiger charge is 2.24. The zero-order chi connectivity index (χ0) is 20.4. The highest BCUT2D eigenvalue weighted by atomic mass is 16.2. The molecule has 0 saturated heterocycles. The Bertz CT molecular complexity index is 1150. The Kier molecular flexibility index (Phi) is 4.83. The topological polar surface area (TPSA) is 72.2 Å². The molecule has 1 aliphatic rings. The molecule has 0 fully saturated rings. The zero-order valence-corrected chi connectivity index (χ0v) is 16.0. The van der Waals surface area contributed by atoms with Crippen LogP contribution in [0.3, 0.4) is 0 Å². The first-order valence-electron chi connectivity index (χ1n) is 9.32. The molecule has 3 aromatic carbocycles. The van der Waals surface area contributed by atoms with Crippen molar-refractivity contribution in [1.29, 1.82) is 0 Å². The lowest BCUT2D eigenvalue weighted by atomic mass is 9.86. The van der Waals surface area contributed by atoms with E-state index in [2.05, 4.69) is 5.32 Å². The Morgan fingerprint density at radius 1 is 0.828 bits per heavy atom. The maximum Gasteiger partial charge on any atom is 0.233 e. The molecule has 0 radical (unpaired) electrons. The summed E-state index contributed by atoms with van der Waals surface area (Å²) in [6.07, 6.45) is 3.38. The molecule has 3 aromatic rings. The second kappa shape index (κ2) is 7.60. The van der Waals surface area contributed by atoms with Crippen LogP contribution in [0, 0.1) is 0 Å². The van der Waals surface area contributed by atoms with Crippen LogP contribution in [0.15, 0.2) is 84.9 Å². The highest BCUT2D eigenvalue weighted by molar-refractivity contribution is 6.50. The Labute approximate surface area is 169 Å². The van der Waals surface area contributed by atoms with Crippen molar-refractivity contribution in [3.05, 3.63) is 107 Å². The van der Waals surface area contributed by atoms with Gasteiger partial charge >= 0.3 is 0 Å². The molecule has 0 atom stereocenters. The molecule has 0 bridgehead atoms. The third-order valence-corrected chi connectivity index (χ3v) is 5.00. The van der Waals surface area contributed by atoms with Crippen LogP contribution in [0.25, 0.3) is 11.1 Å². The first-order valence-corrected chi connectivity index (χ1v) is 9.32. The number of carbonyl (C=O) groups is 2. The van der Waals surface area contributed by atoms with Gasteiger partial charge in [-0.2, -0.15) is 0 Å². The Balaban J connectivity index is 1.89. The molecule has 29 heavy (non-hydrogen) atoms. The van der Waals surface area contributed by atoms with Gasteiger partial charge in [0, 0.05) is 24.0 Å². The summed E-state index contributed by atoms with van der Waals surface area (Å²) in [5.41, 5.74) is 12.4. The number of Topliss-reactive ketones (excluding diaryl/α,β-unsaturated/α-hetero) is 1. The van der Waals surface area contributed by atoms with Crippen molar-refractivity contribution < 1.29 is 9.59 Å². The first-order chi connectivity index (χ1) is 14.1. The highest BCUT2D eigenvalue weighted by Crippen LogP contribution is 2.32. The van der Waals surface area contributed by atoms with E-state index in [1.54, 1.807) is 12.1 Å². The molecule has 0 unspecified atom stereocenters. The maximum atomic E-state index is 12.3. The second-order valence-corrected chi connectivity index (χ2v) is 6.85. The molecular formula is C25H20N2O2. The zero-order valence-electron chi connectivity index (χ0n) is 16.0. The van der Waals surface area contributed by atoms with Crippen molar-refractivity contribution in [2.45, 2.75) is 0 Å². The van der Waals surface area contributed by atoms with Crippen LogP contribution in [0.2, 0.25) is 0 Å². The Hall–Kier alpha value is -3.92. The van der Waals surface area contributed by atoms with Gasteiger partial charge in [0.25, 0.3) is 0 Å². The minimum absolute atomic E-state index is 0.438. The fourth-order valence-electron chi connectivity index (χ4n) is 3.44. The summed E-state index contributed by atoms with van der Waals surface area (Å²) in [5, 5.41) is 3.12. The van der Waals surface area contributed by atoms with Crippen molar-refractivity contribution >= 4 is 34.1 Å². The van der Waals surface area contributed by atoms with E-state index in [-0.39, 0.29) is 0 Å². The van der Waals surface area contributed by atoms with E-state index >= 15 is 0 Å². The first kappa shape index (κ1) is 18.4. The van der Waals surface area contributed by atoms with Gasteiger partial charge in [0.15, 0.2) is 0 Å². The summed E-state index contributed by atoms with van der Waals surface area (Å²) >= 11 is 0. The predicted molar refractivity (Wildman–Crippen MR) is 118 cm³/mol. The van der Waals surface area contributed by atoms with E-state index in [1.807, 2.05) is 73.8 Å². The van der Waals surface area contributed by atoms with Gasteiger partial charge in [-0.15, -0.1) is 0 Å². The van der Waals surface area contributed by atoms with E-state index in [4.69, 9.17) is 5.73 Å². The van der Waals surface area contributed by atoms with Crippen LogP contribution in [-0.4, -0.2) is 18.6 Å². The summed E-state index contributed by atoms with van der Waals surface area (Å²) in [5.74, 6) is -0.970. The lowest BCUT2D eigenvalue weighted by Gasteiger charge is -2.16. The lowest BCUT2D eigenvalue weighted by Crippen LogP contribution is -2.18. The molecule has 4 heteroatoms. The number of hydrogen-bond acceptors (Lipinski definition) is 4. The smallest absolute Gasteiger partial charge is 0.233 e. The minimum Gasteiger partial charge on any atom is -0.399 e. The van der Waals surface area contributed by atoms with Crippen molar-refractivity contribution in [2.24, 2.45) is 0 Å². The summed E-state index contributed by atoms with van der Waals surface area (Å²) in [4.78, 5) is 24.5. The molecule has 3 N–H and O–H groups in total. The average Bonchev–Trinajstić information content (AvgIpc) is 2.76. The molecule has 0 spiro atoms. The van der Waals surface area contributed by atoms with Crippen molar-refractivity contribution in [3.8, 4) is 0 Å². The largest absolute Gasteiger partial charge is 0.399 e. The molecule has 4 nitrogen and oxygen atoms in total. The number of ketones is 2. The van der Waals surface area contributed by atoms with Gasteiger partial charge in [-0.1, -0.05) is 48.5 Å². The monoisotopic (exact) mass is 380 g/mol. The molecule has 142 valence electrons.